The smallest absolute Gasteiger partial charge is 0.408 e. The van der Waals surface area contributed by atoms with E-state index in [1.165, 1.54) is 4.31 Å². The Hall–Kier alpha value is -3.15. The molecule has 44 heavy (non-hydrogen) atoms. The highest BCUT2D eigenvalue weighted by atomic mass is 35.5. The van der Waals surface area contributed by atoms with Crippen molar-refractivity contribution in [3.63, 3.8) is 0 Å². The van der Waals surface area contributed by atoms with Gasteiger partial charge in [0.2, 0.25) is 16.0 Å². The Morgan fingerprint density at radius 1 is 1.30 bits per heavy atom. The van der Waals surface area contributed by atoms with Crippen molar-refractivity contribution in [2.75, 3.05) is 24.7 Å². The molecule has 0 bridgehead atoms. The van der Waals surface area contributed by atoms with Crippen molar-refractivity contribution in [3.8, 4) is 6.07 Å². The fourth-order valence-electron chi connectivity index (χ4n) is 5.82. The summed E-state index contributed by atoms with van der Waals surface area (Å²) in [6, 6.07) is 0.664. The van der Waals surface area contributed by atoms with Gasteiger partial charge in [0.05, 0.1) is 41.3 Å². The molecule has 2 aliphatic rings. The Bertz CT molecular complexity index is 1550. The summed E-state index contributed by atoms with van der Waals surface area (Å²) in [4.78, 5) is 30.3. The molecule has 4 rings (SSSR count). The van der Waals surface area contributed by atoms with Crippen LogP contribution in [0.5, 0.6) is 0 Å². The molecule has 1 aliphatic carbocycles. The topological polar surface area (TPSA) is 168 Å². The summed E-state index contributed by atoms with van der Waals surface area (Å²) in [6.07, 6.45) is 4.97. The zero-order valence-corrected chi connectivity index (χ0v) is 27.9. The highest BCUT2D eigenvalue weighted by Crippen LogP contribution is 2.49. The number of piperidine rings is 1. The molecule has 15 heteroatoms. The Morgan fingerprint density at radius 3 is 2.50 bits per heavy atom. The first-order valence-corrected chi connectivity index (χ1v) is 17.1. The van der Waals surface area contributed by atoms with E-state index in [1.54, 1.807) is 45.3 Å². The fourth-order valence-corrected chi connectivity index (χ4v) is 6.94. The molecule has 2 aromatic heterocycles. The number of rotatable bonds is 9. The molecule has 3 heterocycles. The van der Waals surface area contributed by atoms with Gasteiger partial charge in [-0.25, -0.2) is 27.5 Å². The lowest BCUT2D eigenvalue weighted by atomic mass is 9.64. The van der Waals surface area contributed by atoms with Crippen molar-refractivity contribution >= 4 is 45.2 Å². The van der Waals surface area contributed by atoms with Crippen LogP contribution in [-0.4, -0.2) is 82.5 Å². The molecule has 2 fully saturated rings. The summed E-state index contributed by atoms with van der Waals surface area (Å²) in [5.41, 5.74) is 0.704. The van der Waals surface area contributed by atoms with Gasteiger partial charge in [-0.05, 0) is 52.4 Å². The molecule has 2 N–H and O–H groups in total. The van der Waals surface area contributed by atoms with E-state index < -0.39 is 45.9 Å². The van der Waals surface area contributed by atoms with E-state index in [1.807, 2.05) is 0 Å². The van der Waals surface area contributed by atoms with Gasteiger partial charge in [0.25, 0.3) is 0 Å². The number of nitrogens with one attached hydrogen (secondary N) is 2. The second kappa shape index (κ2) is 12.7. The predicted molar refractivity (Wildman–Crippen MR) is 165 cm³/mol. The van der Waals surface area contributed by atoms with E-state index in [0.717, 1.165) is 37.6 Å². The van der Waals surface area contributed by atoms with Crippen LogP contribution in [-0.2, 0) is 29.7 Å². The highest BCUT2D eigenvalue weighted by molar-refractivity contribution is 7.88. The average molecular weight is 652 g/mol. The van der Waals surface area contributed by atoms with Gasteiger partial charge >= 0.3 is 12.1 Å². The highest BCUT2D eigenvalue weighted by Gasteiger charge is 2.43. The molecule has 3 atom stereocenters. The van der Waals surface area contributed by atoms with Crippen molar-refractivity contribution in [2.24, 2.45) is 5.92 Å². The number of aromatic nitrogens is 3. The number of carbonyl (C=O) groups excluding carboxylic acids is 2. The number of nitriles is 1. The van der Waals surface area contributed by atoms with E-state index in [9.17, 15) is 23.3 Å². The van der Waals surface area contributed by atoms with Gasteiger partial charge in [-0.2, -0.15) is 9.57 Å². The minimum atomic E-state index is -3.58. The lowest BCUT2D eigenvalue weighted by molar-refractivity contribution is -0.155. The predicted octanol–water partition coefficient (Wildman–Crippen LogP) is 3.99. The number of hydrogen-bond donors (Lipinski definition) is 2. The SMILES string of the molecule is CCC1(c2c(C#N)c(Cl)c3cnc(N[C@H]4CCN(S(C)(=O)=O)C[C@H]4OC(=O)[C@H](NC(=O)OC(C)(C)C)C(C)C)nn23)CCC1. The van der Waals surface area contributed by atoms with Crippen LogP contribution in [0.25, 0.3) is 5.52 Å². The Balaban J connectivity index is 1.63. The van der Waals surface area contributed by atoms with E-state index in [4.69, 9.17) is 26.2 Å². The van der Waals surface area contributed by atoms with Gasteiger partial charge in [0.1, 0.15) is 29.3 Å². The van der Waals surface area contributed by atoms with Crippen LogP contribution in [0.15, 0.2) is 6.20 Å². The number of ether oxygens (including phenoxy) is 2. The number of nitrogens with zero attached hydrogens (tertiary/aromatic N) is 5. The molecule has 242 valence electrons. The monoisotopic (exact) mass is 651 g/mol. The normalized spacial score (nSPS) is 21.3. The van der Waals surface area contributed by atoms with Gasteiger partial charge < -0.3 is 20.1 Å². The standard InChI is InChI=1S/C29H42ClN7O6S/c1-8-29(11-9-12-29)24-18(14-31)22(30)20-15-32-26(35-37(20)24)33-19-10-13-36(44(7,40)41)16-21(19)42-25(38)23(17(2)3)34-27(39)43-28(4,5)6/h15,17,19,21,23H,8-13,16H2,1-7H3,(H,33,35)(H,34,39)/t19-,21+,23+/m0/s1. The first kappa shape index (κ1) is 33.7. The van der Waals surface area contributed by atoms with Crippen LogP contribution in [0.4, 0.5) is 10.7 Å². The molecular formula is C29H42ClN7O6S. The zero-order chi connectivity index (χ0) is 32.6. The summed E-state index contributed by atoms with van der Waals surface area (Å²) in [7, 11) is -3.58. The lowest BCUT2D eigenvalue weighted by Crippen LogP contribution is -2.55. The van der Waals surface area contributed by atoms with Crippen LogP contribution >= 0.6 is 11.6 Å². The number of sulfonamides is 1. The van der Waals surface area contributed by atoms with E-state index >= 15 is 0 Å². The van der Waals surface area contributed by atoms with E-state index in [-0.39, 0.29) is 30.4 Å². The maximum absolute atomic E-state index is 13.4. The summed E-state index contributed by atoms with van der Waals surface area (Å²) in [5.74, 6) is -0.848. The molecular weight excluding hydrogens is 610 g/mol. The first-order valence-electron chi connectivity index (χ1n) is 14.9. The number of halogens is 1. The number of hydrogen-bond acceptors (Lipinski definition) is 10. The van der Waals surface area contributed by atoms with E-state index in [0.29, 0.717) is 22.5 Å². The van der Waals surface area contributed by atoms with Gasteiger partial charge in [-0.15, -0.1) is 5.10 Å². The second-order valence-corrected chi connectivity index (χ2v) is 15.4. The molecule has 1 saturated heterocycles. The molecule has 0 aromatic carbocycles. The van der Waals surface area contributed by atoms with Crippen molar-refractivity contribution in [1.29, 1.82) is 5.26 Å². The number of carbonyl (C=O) groups is 2. The molecule has 13 nitrogen and oxygen atoms in total. The quantitative estimate of drug-likeness (QED) is 0.378. The molecule has 0 unspecified atom stereocenters. The third-order valence-electron chi connectivity index (χ3n) is 8.39. The van der Waals surface area contributed by atoms with Gasteiger partial charge in [0.15, 0.2) is 0 Å². The number of amides is 1. The zero-order valence-electron chi connectivity index (χ0n) is 26.3. The summed E-state index contributed by atoms with van der Waals surface area (Å²) in [5, 5.41) is 20.8. The summed E-state index contributed by atoms with van der Waals surface area (Å²) >= 11 is 6.61. The maximum atomic E-state index is 13.4. The summed E-state index contributed by atoms with van der Waals surface area (Å²) < 4.78 is 39.0. The Morgan fingerprint density at radius 2 is 1.98 bits per heavy atom. The fraction of sp³-hybridized carbons (Fsp3) is 0.690. The number of alkyl carbamates (subject to hydrolysis) is 1. The first-order chi connectivity index (χ1) is 20.5. The van der Waals surface area contributed by atoms with Gasteiger partial charge in [-0.1, -0.05) is 38.8 Å². The molecule has 1 saturated carbocycles. The van der Waals surface area contributed by atoms with Crippen molar-refractivity contribution in [1.82, 2.24) is 24.2 Å². The molecule has 0 spiro atoms. The molecule has 2 aromatic rings. The van der Waals surface area contributed by atoms with Crippen LogP contribution in [0.3, 0.4) is 0 Å². The van der Waals surface area contributed by atoms with E-state index in [2.05, 4.69) is 28.6 Å². The van der Waals surface area contributed by atoms with Crippen molar-refractivity contribution in [3.05, 3.63) is 22.5 Å². The number of esters is 1. The lowest BCUT2D eigenvalue weighted by Gasteiger charge is -2.41. The molecule has 1 amide bonds. The van der Waals surface area contributed by atoms with Crippen LogP contribution < -0.4 is 10.6 Å². The Labute approximate surface area is 263 Å². The van der Waals surface area contributed by atoms with Crippen LogP contribution in [0, 0.1) is 17.2 Å². The summed E-state index contributed by atoms with van der Waals surface area (Å²) in [6.45, 7) is 10.8. The number of fused-ring (bicyclic) bond motifs is 1. The minimum Gasteiger partial charge on any atom is -0.457 e. The third kappa shape index (κ3) is 7.05. The van der Waals surface area contributed by atoms with Crippen LogP contribution in [0.1, 0.15) is 84.9 Å². The molecule has 0 radical (unpaired) electrons. The van der Waals surface area contributed by atoms with Crippen molar-refractivity contribution in [2.45, 2.75) is 103 Å². The van der Waals surface area contributed by atoms with Crippen molar-refractivity contribution < 1.29 is 27.5 Å². The largest absolute Gasteiger partial charge is 0.457 e. The number of anilines is 1. The Kier molecular flexibility index (Phi) is 9.73. The van der Waals surface area contributed by atoms with Gasteiger partial charge in [0, 0.05) is 12.0 Å². The minimum absolute atomic E-state index is 0.0974. The molecule has 1 aliphatic heterocycles. The van der Waals surface area contributed by atoms with Gasteiger partial charge in [-0.3, -0.25) is 0 Å². The second-order valence-electron chi connectivity index (χ2n) is 13.0. The average Bonchev–Trinajstić information content (AvgIpc) is 3.17. The maximum Gasteiger partial charge on any atom is 0.408 e. The third-order valence-corrected chi connectivity index (χ3v) is 10.0. The van der Waals surface area contributed by atoms with Crippen LogP contribution in [0.2, 0.25) is 5.02 Å².